The lowest BCUT2D eigenvalue weighted by Gasteiger charge is -2.15. The van der Waals surface area contributed by atoms with Crippen LogP contribution in [0.4, 0.5) is 4.39 Å². The van der Waals surface area contributed by atoms with Crippen LogP contribution in [0.25, 0.3) is 10.8 Å². The van der Waals surface area contributed by atoms with Crippen LogP contribution in [0.15, 0.2) is 60.7 Å². The van der Waals surface area contributed by atoms with Crippen LogP contribution in [-0.4, -0.2) is 0 Å². The normalized spacial score (nSPS) is 12.3. The van der Waals surface area contributed by atoms with E-state index in [4.69, 9.17) is 10.5 Å². The molecule has 0 aliphatic rings. The number of fused-ring (bicyclic) bond motifs is 1. The van der Waals surface area contributed by atoms with E-state index < -0.39 is 6.04 Å². The lowest BCUT2D eigenvalue weighted by atomic mass is 10.1. The quantitative estimate of drug-likeness (QED) is 0.749. The lowest BCUT2D eigenvalue weighted by Crippen LogP contribution is -2.09. The number of ether oxygens (including phenoxy) is 1. The second-order valence-electron chi connectivity index (χ2n) is 5.02. The summed E-state index contributed by atoms with van der Waals surface area (Å²) in [5.74, 6) is 0.810. The highest BCUT2D eigenvalue weighted by Crippen LogP contribution is 2.34. The van der Waals surface area contributed by atoms with E-state index in [1.165, 1.54) is 6.07 Å². The van der Waals surface area contributed by atoms with Crippen molar-refractivity contribution < 1.29 is 9.13 Å². The van der Waals surface area contributed by atoms with Gasteiger partial charge in [-0.1, -0.05) is 42.5 Å². The molecule has 0 heterocycles. The van der Waals surface area contributed by atoms with Gasteiger partial charge in [0.1, 0.15) is 17.3 Å². The van der Waals surface area contributed by atoms with Gasteiger partial charge in [0, 0.05) is 17.0 Å². The maximum Gasteiger partial charge on any atom is 0.135 e. The molecule has 0 aromatic heterocycles. The molecule has 1 unspecified atom stereocenters. The first kappa shape index (κ1) is 13.6. The summed E-state index contributed by atoms with van der Waals surface area (Å²) < 4.78 is 19.9. The number of benzene rings is 3. The molecule has 2 nitrogen and oxygen atoms in total. The van der Waals surface area contributed by atoms with Gasteiger partial charge in [-0.25, -0.2) is 4.39 Å². The van der Waals surface area contributed by atoms with Gasteiger partial charge in [0.25, 0.3) is 0 Å². The van der Waals surface area contributed by atoms with Gasteiger partial charge in [-0.3, -0.25) is 0 Å². The van der Waals surface area contributed by atoms with E-state index in [9.17, 15) is 4.39 Å². The first-order valence-corrected chi connectivity index (χ1v) is 6.86. The molecular formula is C18H16FNO. The van der Waals surface area contributed by atoms with Crippen molar-refractivity contribution >= 4 is 10.8 Å². The highest BCUT2D eigenvalue weighted by Gasteiger charge is 2.15. The third-order valence-corrected chi connectivity index (χ3v) is 3.44. The molecule has 0 fully saturated rings. The van der Waals surface area contributed by atoms with Crippen LogP contribution in [0.5, 0.6) is 11.5 Å². The monoisotopic (exact) mass is 281 g/mol. The Bertz CT molecular complexity index is 778. The van der Waals surface area contributed by atoms with E-state index in [-0.39, 0.29) is 5.82 Å². The van der Waals surface area contributed by atoms with E-state index in [2.05, 4.69) is 0 Å². The van der Waals surface area contributed by atoms with Crippen LogP contribution in [0.1, 0.15) is 18.5 Å². The topological polar surface area (TPSA) is 35.2 Å². The molecular weight excluding hydrogens is 265 g/mol. The average molecular weight is 281 g/mol. The Morgan fingerprint density at radius 2 is 1.57 bits per heavy atom. The van der Waals surface area contributed by atoms with Crippen molar-refractivity contribution in [2.75, 3.05) is 0 Å². The summed E-state index contributed by atoms with van der Waals surface area (Å²) in [5, 5.41) is 2.06. The molecule has 0 aliphatic heterocycles. The largest absolute Gasteiger partial charge is 0.456 e. The second-order valence-corrected chi connectivity index (χ2v) is 5.02. The molecule has 106 valence electrons. The highest BCUT2D eigenvalue weighted by molar-refractivity contribution is 5.88. The number of halogens is 1. The predicted octanol–water partition coefficient (Wildman–Crippen LogP) is 4.79. The smallest absolute Gasteiger partial charge is 0.135 e. The second kappa shape index (κ2) is 5.54. The lowest BCUT2D eigenvalue weighted by molar-refractivity contribution is 0.465. The fourth-order valence-corrected chi connectivity index (χ4v) is 2.45. The minimum atomic E-state index is -0.434. The first-order chi connectivity index (χ1) is 10.2. The minimum Gasteiger partial charge on any atom is -0.456 e. The molecule has 3 heteroatoms. The van der Waals surface area contributed by atoms with Crippen molar-refractivity contribution in [3.05, 3.63) is 72.0 Å². The Kier molecular flexibility index (Phi) is 3.59. The van der Waals surface area contributed by atoms with Gasteiger partial charge in [-0.05, 0) is 30.5 Å². The zero-order valence-electron chi connectivity index (χ0n) is 11.7. The van der Waals surface area contributed by atoms with Crippen LogP contribution < -0.4 is 10.5 Å². The van der Waals surface area contributed by atoms with Crippen LogP contribution in [-0.2, 0) is 0 Å². The summed E-state index contributed by atoms with van der Waals surface area (Å²) in [6.07, 6.45) is 0. The maximum atomic E-state index is 14.0. The SMILES string of the molecule is CC(N)c1c(F)cccc1Oc1cccc2ccccc12. The molecule has 3 aromatic rings. The van der Waals surface area contributed by atoms with Crippen molar-refractivity contribution in [2.24, 2.45) is 5.73 Å². The average Bonchev–Trinajstić information content (AvgIpc) is 2.47. The zero-order valence-corrected chi connectivity index (χ0v) is 11.7. The minimum absolute atomic E-state index is 0.345. The molecule has 0 aliphatic carbocycles. The van der Waals surface area contributed by atoms with Gasteiger partial charge in [0.15, 0.2) is 0 Å². The Morgan fingerprint density at radius 1 is 0.905 bits per heavy atom. The van der Waals surface area contributed by atoms with E-state index in [0.717, 1.165) is 10.8 Å². The van der Waals surface area contributed by atoms with Crippen molar-refractivity contribution in [3.63, 3.8) is 0 Å². The molecule has 21 heavy (non-hydrogen) atoms. The molecule has 0 spiro atoms. The van der Waals surface area contributed by atoms with Gasteiger partial charge >= 0.3 is 0 Å². The van der Waals surface area contributed by atoms with Crippen molar-refractivity contribution in [2.45, 2.75) is 13.0 Å². The predicted molar refractivity (Wildman–Crippen MR) is 83.0 cm³/mol. The fourth-order valence-electron chi connectivity index (χ4n) is 2.45. The number of nitrogens with two attached hydrogens (primary N) is 1. The molecule has 0 saturated carbocycles. The van der Waals surface area contributed by atoms with E-state index in [1.807, 2.05) is 42.5 Å². The van der Waals surface area contributed by atoms with Gasteiger partial charge < -0.3 is 10.5 Å². The summed E-state index contributed by atoms with van der Waals surface area (Å²) >= 11 is 0. The standard InChI is InChI=1S/C18H16FNO/c1-12(20)18-15(19)9-5-11-17(18)21-16-10-4-7-13-6-2-3-8-14(13)16/h2-12H,20H2,1H3. The summed E-state index contributed by atoms with van der Waals surface area (Å²) in [7, 11) is 0. The Balaban J connectivity index is 2.09. The molecule has 3 aromatic carbocycles. The van der Waals surface area contributed by atoms with E-state index >= 15 is 0 Å². The van der Waals surface area contributed by atoms with Crippen LogP contribution in [0.3, 0.4) is 0 Å². The van der Waals surface area contributed by atoms with Crippen LogP contribution in [0.2, 0.25) is 0 Å². The highest BCUT2D eigenvalue weighted by atomic mass is 19.1. The molecule has 0 bridgehead atoms. The first-order valence-electron chi connectivity index (χ1n) is 6.86. The Labute approximate surface area is 123 Å². The van der Waals surface area contributed by atoms with Gasteiger partial charge in [-0.15, -0.1) is 0 Å². The van der Waals surface area contributed by atoms with E-state index in [1.54, 1.807) is 19.1 Å². The summed E-state index contributed by atoms with van der Waals surface area (Å²) in [6.45, 7) is 1.74. The Morgan fingerprint density at radius 3 is 2.38 bits per heavy atom. The van der Waals surface area contributed by atoms with Gasteiger partial charge in [0.2, 0.25) is 0 Å². The molecule has 0 saturated heterocycles. The fraction of sp³-hybridized carbons (Fsp3) is 0.111. The van der Waals surface area contributed by atoms with Gasteiger partial charge in [0.05, 0.1) is 0 Å². The third-order valence-electron chi connectivity index (χ3n) is 3.44. The molecule has 1 atom stereocenters. The van der Waals surface area contributed by atoms with Crippen molar-refractivity contribution in [3.8, 4) is 11.5 Å². The summed E-state index contributed by atoms with van der Waals surface area (Å²) in [5.41, 5.74) is 6.26. The Hall–Kier alpha value is -2.39. The van der Waals surface area contributed by atoms with Crippen LogP contribution in [0, 0.1) is 5.82 Å². The molecule has 3 rings (SSSR count). The van der Waals surface area contributed by atoms with Crippen molar-refractivity contribution in [1.29, 1.82) is 0 Å². The zero-order chi connectivity index (χ0) is 14.8. The summed E-state index contributed by atoms with van der Waals surface area (Å²) in [4.78, 5) is 0. The number of hydrogen-bond donors (Lipinski definition) is 1. The van der Waals surface area contributed by atoms with Crippen LogP contribution >= 0.6 is 0 Å². The third kappa shape index (κ3) is 2.60. The van der Waals surface area contributed by atoms with E-state index in [0.29, 0.717) is 17.1 Å². The number of rotatable bonds is 3. The molecule has 0 amide bonds. The van der Waals surface area contributed by atoms with Gasteiger partial charge in [-0.2, -0.15) is 0 Å². The number of hydrogen-bond acceptors (Lipinski definition) is 2. The van der Waals surface area contributed by atoms with Crippen molar-refractivity contribution in [1.82, 2.24) is 0 Å². The maximum absolute atomic E-state index is 14.0. The molecule has 2 N–H and O–H groups in total. The summed E-state index contributed by atoms with van der Waals surface area (Å²) in [6, 6.07) is 18.1. The molecule has 0 radical (unpaired) electrons.